The third-order valence-corrected chi connectivity index (χ3v) is 4.88. The summed E-state index contributed by atoms with van der Waals surface area (Å²) in [7, 11) is 1.64. The molecular formula is C21H22N4O2. The molecule has 138 valence electrons. The third kappa shape index (κ3) is 3.51. The molecule has 1 aromatic heterocycles. The van der Waals surface area contributed by atoms with E-state index < -0.39 is 0 Å². The predicted octanol–water partition coefficient (Wildman–Crippen LogP) is 3.05. The quantitative estimate of drug-likeness (QED) is 0.652. The maximum atomic E-state index is 12.6. The van der Waals surface area contributed by atoms with E-state index in [0.717, 1.165) is 28.3 Å². The van der Waals surface area contributed by atoms with E-state index in [1.165, 1.54) is 11.1 Å². The van der Waals surface area contributed by atoms with Crippen LogP contribution in [0.2, 0.25) is 0 Å². The third-order valence-electron chi connectivity index (χ3n) is 4.88. The number of amides is 1. The van der Waals surface area contributed by atoms with Crippen LogP contribution in [0.5, 0.6) is 5.75 Å². The fourth-order valence-electron chi connectivity index (χ4n) is 3.41. The van der Waals surface area contributed by atoms with Crippen LogP contribution in [0.1, 0.15) is 16.7 Å². The number of aryl methyl sites for hydroxylation is 1. The number of carbonyl (C=O) groups excluding carboxylic acids is 1. The van der Waals surface area contributed by atoms with E-state index in [1.54, 1.807) is 13.3 Å². The molecule has 0 radical (unpaired) electrons. The van der Waals surface area contributed by atoms with Crippen molar-refractivity contribution in [2.24, 2.45) is 0 Å². The second kappa shape index (κ2) is 7.15. The fraction of sp³-hybridized carbons (Fsp3) is 0.238. The van der Waals surface area contributed by atoms with Gasteiger partial charge < -0.3 is 15.4 Å². The SMILES string of the molecule is COc1ccc(-c2[nH]ncc2CNC(=O)[C@H]2Cc3cc(C)ccc3N2)cc1. The summed E-state index contributed by atoms with van der Waals surface area (Å²) in [6, 6.07) is 13.7. The van der Waals surface area contributed by atoms with Crippen molar-refractivity contribution in [3.05, 3.63) is 65.4 Å². The van der Waals surface area contributed by atoms with E-state index in [4.69, 9.17) is 4.74 Å². The molecule has 27 heavy (non-hydrogen) atoms. The molecule has 0 aliphatic carbocycles. The molecule has 0 saturated carbocycles. The van der Waals surface area contributed by atoms with Crippen molar-refractivity contribution in [2.75, 3.05) is 12.4 Å². The number of hydrogen-bond acceptors (Lipinski definition) is 4. The molecule has 4 rings (SSSR count). The Labute approximate surface area is 158 Å². The summed E-state index contributed by atoms with van der Waals surface area (Å²) in [5, 5.41) is 13.5. The fourth-order valence-corrected chi connectivity index (χ4v) is 3.41. The topological polar surface area (TPSA) is 79.0 Å². The van der Waals surface area contributed by atoms with Gasteiger partial charge in [-0.2, -0.15) is 5.10 Å². The number of carbonyl (C=O) groups is 1. The van der Waals surface area contributed by atoms with Crippen molar-refractivity contribution in [3.63, 3.8) is 0 Å². The van der Waals surface area contributed by atoms with Crippen LogP contribution in [0.4, 0.5) is 5.69 Å². The lowest BCUT2D eigenvalue weighted by Crippen LogP contribution is -2.38. The summed E-state index contributed by atoms with van der Waals surface area (Å²) < 4.78 is 5.20. The molecular weight excluding hydrogens is 340 g/mol. The molecule has 0 spiro atoms. The van der Waals surface area contributed by atoms with Gasteiger partial charge in [-0.3, -0.25) is 9.89 Å². The van der Waals surface area contributed by atoms with E-state index in [0.29, 0.717) is 13.0 Å². The zero-order valence-corrected chi connectivity index (χ0v) is 15.4. The van der Waals surface area contributed by atoms with Gasteiger partial charge >= 0.3 is 0 Å². The zero-order valence-electron chi connectivity index (χ0n) is 15.4. The van der Waals surface area contributed by atoms with E-state index in [-0.39, 0.29) is 11.9 Å². The molecule has 0 bridgehead atoms. The lowest BCUT2D eigenvalue weighted by molar-refractivity contribution is -0.121. The van der Waals surface area contributed by atoms with Crippen LogP contribution in [-0.2, 0) is 17.8 Å². The number of benzene rings is 2. The largest absolute Gasteiger partial charge is 0.497 e. The Morgan fingerprint density at radius 3 is 2.85 bits per heavy atom. The highest BCUT2D eigenvalue weighted by molar-refractivity contribution is 5.87. The Hall–Kier alpha value is -3.28. The number of methoxy groups -OCH3 is 1. The van der Waals surface area contributed by atoms with Crippen LogP contribution in [0.3, 0.4) is 0 Å². The van der Waals surface area contributed by atoms with Crippen molar-refractivity contribution in [2.45, 2.75) is 25.9 Å². The zero-order chi connectivity index (χ0) is 18.8. The summed E-state index contributed by atoms with van der Waals surface area (Å²) in [6.07, 6.45) is 2.46. The number of aromatic amines is 1. The Bertz CT molecular complexity index is 963. The Kier molecular flexibility index (Phi) is 4.54. The normalized spacial score (nSPS) is 15.1. The van der Waals surface area contributed by atoms with Gasteiger partial charge in [0.1, 0.15) is 11.8 Å². The predicted molar refractivity (Wildman–Crippen MR) is 105 cm³/mol. The molecule has 3 N–H and O–H groups in total. The molecule has 3 aromatic rings. The van der Waals surface area contributed by atoms with Gasteiger partial charge in [0.15, 0.2) is 0 Å². The number of aromatic nitrogens is 2. The van der Waals surface area contributed by atoms with Gasteiger partial charge in [-0.25, -0.2) is 0 Å². The minimum Gasteiger partial charge on any atom is -0.497 e. The highest BCUT2D eigenvalue weighted by Crippen LogP contribution is 2.27. The van der Waals surface area contributed by atoms with Crippen molar-refractivity contribution in [1.29, 1.82) is 0 Å². The summed E-state index contributed by atoms with van der Waals surface area (Å²) in [4.78, 5) is 12.6. The first-order valence-electron chi connectivity index (χ1n) is 8.94. The van der Waals surface area contributed by atoms with Crippen LogP contribution in [0, 0.1) is 6.92 Å². The van der Waals surface area contributed by atoms with Gasteiger partial charge in [0.25, 0.3) is 0 Å². The summed E-state index contributed by atoms with van der Waals surface area (Å²) in [6.45, 7) is 2.48. The number of H-pyrrole nitrogens is 1. The monoisotopic (exact) mass is 362 g/mol. The second-order valence-electron chi connectivity index (χ2n) is 6.78. The molecule has 0 saturated heterocycles. The van der Waals surface area contributed by atoms with Crippen LogP contribution in [0.15, 0.2) is 48.7 Å². The Balaban J connectivity index is 1.41. The highest BCUT2D eigenvalue weighted by Gasteiger charge is 2.26. The molecule has 0 unspecified atom stereocenters. The van der Waals surface area contributed by atoms with Crippen molar-refractivity contribution in [1.82, 2.24) is 15.5 Å². The molecule has 1 aliphatic rings. The van der Waals surface area contributed by atoms with Crippen molar-refractivity contribution in [3.8, 4) is 17.0 Å². The number of hydrogen-bond donors (Lipinski definition) is 3. The minimum absolute atomic E-state index is 0.00858. The van der Waals surface area contributed by atoms with E-state index in [1.807, 2.05) is 30.3 Å². The van der Waals surface area contributed by atoms with Crippen molar-refractivity contribution >= 4 is 11.6 Å². The first-order valence-corrected chi connectivity index (χ1v) is 8.94. The van der Waals surface area contributed by atoms with E-state index in [2.05, 4.69) is 39.9 Å². The van der Waals surface area contributed by atoms with E-state index >= 15 is 0 Å². The van der Waals surface area contributed by atoms with Crippen LogP contribution in [-0.4, -0.2) is 29.3 Å². The molecule has 2 aromatic carbocycles. The number of anilines is 1. The minimum atomic E-state index is -0.238. The second-order valence-corrected chi connectivity index (χ2v) is 6.78. The first-order chi connectivity index (χ1) is 13.1. The summed E-state index contributed by atoms with van der Waals surface area (Å²) >= 11 is 0. The lowest BCUT2D eigenvalue weighted by atomic mass is 10.1. The lowest BCUT2D eigenvalue weighted by Gasteiger charge is -2.12. The summed E-state index contributed by atoms with van der Waals surface area (Å²) in [5.41, 5.74) is 6.29. The van der Waals surface area contributed by atoms with Gasteiger partial charge in [-0.05, 0) is 42.8 Å². The smallest absolute Gasteiger partial charge is 0.243 e. The number of fused-ring (bicyclic) bond motifs is 1. The van der Waals surface area contributed by atoms with Gasteiger partial charge in [-0.15, -0.1) is 0 Å². The van der Waals surface area contributed by atoms with Gasteiger partial charge in [0, 0.05) is 29.8 Å². The number of nitrogens with zero attached hydrogens (tertiary/aromatic N) is 1. The average Bonchev–Trinajstić information content (AvgIpc) is 3.32. The maximum absolute atomic E-state index is 12.6. The molecule has 6 nitrogen and oxygen atoms in total. The average molecular weight is 362 g/mol. The molecule has 6 heteroatoms. The number of ether oxygens (including phenoxy) is 1. The van der Waals surface area contributed by atoms with Gasteiger partial charge in [0.2, 0.25) is 5.91 Å². The van der Waals surface area contributed by atoms with Crippen LogP contribution < -0.4 is 15.4 Å². The molecule has 2 heterocycles. The highest BCUT2D eigenvalue weighted by atomic mass is 16.5. The Morgan fingerprint density at radius 2 is 2.07 bits per heavy atom. The van der Waals surface area contributed by atoms with Crippen molar-refractivity contribution < 1.29 is 9.53 Å². The first kappa shape index (κ1) is 17.1. The Morgan fingerprint density at radius 1 is 1.26 bits per heavy atom. The molecule has 0 fully saturated rings. The molecule has 1 amide bonds. The molecule has 1 atom stereocenters. The maximum Gasteiger partial charge on any atom is 0.243 e. The summed E-state index contributed by atoms with van der Waals surface area (Å²) in [5.74, 6) is 0.793. The van der Waals surface area contributed by atoms with E-state index in [9.17, 15) is 4.79 Å². The van der Waals surface area contributed by atoms with Crippen LogP contribution in [0.25, 0.3) is 11.3 Å². The number of nitrogens with one attached hydrogen (secondary N) is 3. The van der Waals surface area contributed by atoms with Gasteiger partial charge in [-0.1, -0.05) is 17.7 Å². The standard InChI is InChI=1S/C21H22N4O2/c1-13-3-8-18-15(9-13)10-19(24-18)21(26)22-11-16-12-23-25-20(16)14-4-6-17(27-2)7-5-14/h3-9,12,19,24H,10-11H2,1-2H3,(H,22,26)(H,23,25)/t19-/m1/s1. The molecule has 1 aliphatic heterocycles. The van der Waals surface area contributed by atoms with Crippen LogP contribution >= 0.6 is 0 Å². The van der Waals surface area contributed by atoms with Gasteiger partial charge in [0.05, 0.1) is 19.0 Å². The number of rotatable bonds is 5.